The van der Waals surface area contributed by atoms with E-state index >= 15 is 0 Å². The molecule has 3 aromatic carbocycles. The van der Waals surface area contributed by atoms with Crippen LogP contribution in [0.5, 0.6) is 17.2 Å². The molecule has 0 heterocycles. The van der Waals surface area contributed by atoms with Crippen LogP contribution in [0.25, 0.3) is 18.2 Å². The summed E-state index contributed by atoms with van der Waals surface area (Å²) in [5, 5.41) is 2.84. The highest BCUT2D eigenvalue weighted by molar-refractivity contribution is 6.02. The van der Waals surface area contributed by atoms with Crippen molar-refractivity contribution in [3.63, 3.8) is 0 Å². The Morgan fingerprint density at radius 3 is 2.03 bits per heavy atom. The molecule has 6 heteroatoms. The van der Waals surface area contributed by atoms with Crippen LogP contribution in [-0.4, -0.2) is 27.2 Å². The second-order valence-corrected chi connectivity index (χ2v) is 6.87. The second kappa shape index (κ2) is 10.7. The number of nitrogen functional groups attached to an aromatic ring is 1. The summed E-state index contributed by atoms with van der Waals surface area (Å²) in [5.74, 6) is 1.51. The fourth-order valence-corrected chi connectivity index (χ4v) is 3.08. The average Bonchev–Trinajstić information content (AvgIpc) is 2.82. The molecule has 1 amide bonds. The second-order valence-electron chi connectivity index (χ2n) is 6.87. The lowest BCUT2D eigenvalue weighted by Gasteiger charge is -2.12. The molecule has 164 valence electrons. The van der Waals surface area contributed by atoms with Gasteiger partial charge in [-0.05, 0) is 53.1 Å². The fraction of sp³-hybridized carbons (Fsp3) is 0.115. The Bertz CT molecular complexity index is 1110. The van der Waals surface area contributed by atoms with Crippen LogP contribution in [-0.2, 0) is 4.79 Å². The Morgan fingerprint density at radius 1 is 0.812 bits per heavy atom. The molecule has 0 aromatic heterocycles. The zero-order chi connectivity index (χ0) is 22.9. The van der Waals surface area contributed by atoms with Crippen molar-refractivity contribution >= 4 is 35.5 Å². The molecule has 3 rings (SSSR count). The minimum atomic E-state index is -0.228. The number of benzene rings is 3. The lowest BCUT2D eigenvalue weighted by atomic mass is 10.1. The molecule has 0 aliphatic carbocycles. The third-order valence-corrected chi connectivity index (χ3v) is 4.74. The summed E-state index contributed by atoms with van der Waals surface area (Å²) in [4.78, 5) is 12.2. The number of hydrogen-bond donors (Lipinski definition) is 2. The average molecular weight is 431 g/mol. The summed E-state index contributed by atoms with van der Waals surface area (Å²) in [6, 6.07) is 18.6. The summed E-state index contributed by atoms with van der Waals surface area (Å²) < 4.78 is 16.1. The normalized spacial score (nSPS) is 11.0. The lowest BCUT2D eigenvalue weighted by Crippen LogP contribution is -2.07. The van der Waals surface area contributed by atoms with Crippen molar-refractivity contribution < 1.29 is 19.0 Å². The maximum Gasteiger partial charge on any atom is 0.248 e. The number of carbonyl (C=O) groups is 1. The van der Waals surface area contributed by atoms with E-state index in [1.807, 2.05) is 66.7 Å². The molecule has 0 aliphatic rings. The molecule has 0 fully saturated rings. The van der Waals surface area contributed by atoms with Gasteiger partial charge in [0.05, 0.1) is 21.3 Å². The van der Waals surface area contributed by atoms with E-state index in [2.05, 4.69) is 5.32 Å². The number of hydrogen-bond acceptors (Lipinski definition) is 5. The highest BCUT2D eigenvalue weighted by Crippen LogP contribution is 2.38. The van der Waals surface area contributed by atoms with Crippen molar-refractivity contribution in [1.29, 1.82) is 0 Å². The molecular formula is C26H26N2O4. The van der Waals surface area contributed by atoms with E-state index in [0.717, 1.165) is 16.7 Å². The number of nitrogens with two attached hydrogens (primary N) is 1. The van der Waals surface area contributed by atoms with Crippen molar-refractivity contribution in [2.75, 3.05) is 32.4 Å². The first-order valence-electron chi connectivity index (χ1n) is 9.95. The van der Waals surface area contributed by atoms with Crippen LogP contribution in [0.15, 0.2) is 66.7 Å². The number of amides is 1. The van der Waals surface area contributed by atoms with E-state index in [1.165, 1.54) is 6.08 Å². The third kappa shape index (κ3) is 5.70. The predicted octanol–water partition coefficient (Wildman–Crippen LogP) is 5.12. The van der Waals surface area contributed by atoms with E-state index < -0.39 is 0 Å². The van der Waals surface area contributed by atoms with E-state index in [4.69, 9.17) is 19.9 Å². The number of rotatable bonds is 8. The molecule has 0 saturated heterocycles. The van der Waals surface area contributed by atoms with Gasteiger partial charge in [-0.1, -0.05) is 42.5 Å². The molecule has 0 saturated carbocycles. The largest absolute Gasteiger partial charge is 0.493 e. The SMILES string of the molecule is COc1cc(C=Cc2ccc(NC(=O)/C=C/c3ccccc3N)cc2)cc(OC)c1OC. The summed E-state index contributed by atoms with van der Waals surface area (Å²) >= 11 is 0. The fourth-order valence-electron chi connectivity index (χ4n) is 3.08. The Labute approximate surface area is 187 Å². The van der Waals surface area contributed by atoms with E-state index in [9.17, 15) is 4.79 Å². The Morgan fingerprint density at radius 2 is 1.44 bits per heavy atom. The van der Waals surface area contributed by atoms with E-state index in [1.54, 1.807) is 33.5 Å². The van der Waals surface area contributed by atoms with E-state index in [-0.39, 0.29) is 5.91 Å². The zero-order valence-electron chi connectivity index (χ0n) is 18.3. The van der Waals surface area contributed by atoms with Gasteiger partial charge in [-0.3, -0.25) is 4.79 Å². The molecule has 6 nitrogen and oxygen atoms in total. The topological polar surface area (TPSA) is 82.8 Å². The molecule has 0 radical (unpaired) electrons. The predicted molar refractivity (Wildman–Crippen MR) is 130 cm³/mol. The minimum Gasteiger partial charge on any atom is -0.493 e. The van der Waals surface area contributed by atoms with Crippen LogP contribution in [0.3, 0.4) is 0 Å². The number of carbonyl (C=O) groups excluding carboxylic acids is 1. The molecule has 3 aromatic rings. The smallest absolute Gasteiger partial charge is 0.248 e. The number of ether oxygens (including phenoxy) is 3. The van der Waals surface area contributed by atoms with Gasteiger partial charge in [-0.15, -0.1) is 0 Å². The maximum atomic E-state index is 12.2. The number of methoxy groups -OCH3 is 3. The summed E-state index contributed by atoms with van der Waals surface area (Å²) in [7, 11) is 4.74. The molecule has 0 spiro atoms. The van der Waals surface area contributed by atoms with Gasteiger partial charge in [0.1, 0.15) is 0 Å². The van der Waals surface area contributed by atoms with Gasteiger partial charge in [0, 0.05) is 17.5 Å². The molecule has 0 aliphatic heterocycles. The first-order valence-corrected chi connectivity index (χ1v) is 9.95. The van der Waals surface area contributed by atoms with Gasteiger partial charge in [0.25, 0.3) is 0 Å². The number of anilines is 2. The minimum absolute atomic E-state index is 0.228. The Balaban J connectivity index is 1.66. The van der Waals surface area contributed by atoms with Crippen molar-refractivity contribution in [2.24, 2.45) is 0 Å². The Kier molecular flexibility index (Phi) is 7.54. The van der Waals surface area contributed by atoms with Crippen LogP contribution in [0.1, 0.15) is 16.7 Å². The van der Waals surface area contributed by atoms with Crippen LogP contribution in [0.2, 0.25) is 0 Å². The maximum absolute atomic E-state index is 12.2. The number of nitrogens with one attached hydrogen (secondary N) is 1. The third-order valence-electron chi connectivity index (χ3n) is 4.74. The first kappa shape index (κ1) is 22.5. The van der Waals surface area contributed by atoms with Crippen molar-refractivity contribution in [1.82, 2.24) is 0 Å². The standard InChI is InChI=1S/C26H26N2O4/c1-30-23-16-19(17-24(31-2)26(23)32-3)9-8-18-10-13-21(14-11-18)28-25(29)15-12-20-6-4-5-7-22(20)27/h4-17H,27H2,1-3H3,(H,28,29)/b9-8?,15-12+. The van der Waals surface area contributed by atoms with Crippen molar-refractivity contribution in [2.45, 2.75) is 0 Å². The highest BCUT2D eigenvalue weighted by atomic mass is 16.5. The Hall–Kier alpha value is -4.19. The monoisotopic (exact) mass is 430 g/mol. The molecular weight excluding hydrogens is 404 g/mol. The quantitative estimate of drug-likeness (QED) is 0.295. The van der Waals surface area contributed by atoms with Gasteiger partial charge < -0.3 is 25.3 Å². The lowest BCUT2D eigenvalue weighted by molar-refractivity contribution is -0.111. The first-order chi connectivity index (χ1) is 15.5. The van der Waals surface area contributed by atoms with Crippen LogP contribution < -0.4 is 25.3 Å². The van der Waals surface area contributed by atoms with Crippen LogP contribution >= 0.6 is 0 Å². The molecule has 0 atom stereocenters. The van der Waals surface area contributed by atoms with Gasteiger partial charge in [-0.25, -0.2) is 0 Å². The summed E-state index contributed by atoms with van der Waals surface area (Å²) in [6.07, 6.45) is 7.07. The van der Waals surface area contributed by atoms with Crippen molar-refractivity contribution in [3.8, 4) is 17.2 Å². The molecule has 32 heavy (non-hydrogen) atoms. The molecule has 0 bridgehead atoms. The van der Waals surface area contributed by atoms with Crippen LogP contribution in [0, 0.1) is 0 Å². The van der Waals surface area contributed by atoms with Gasteiger partial charge >= 0.3 is 0 Å². The van der Waals surface area contributed by atoms with Crippen molar-refractivity contribution in [3.05, 3.63) is 83.4 Å². The molecule has 3 N–H and O–H groups in total. The summed E-state index contributed by atoms with van der Waals surface area (Å²) in [5.41, 5.74) is 9.89. The summed E-state index contributed by atoms with van der Waals surface area (Å²) in [6.45, 7) is 0. The zero-order valence-corrected chi connectivity index (χ0v) is 18.3. The van der Waals surface area contributed by atoms with E-state index in [0.29, 0.717) is 28.6 Å². The van der Waals surface area contributed by atoms with Gasteiger partial charge in [-0.2, -0.15) is 0 Å². The van der Waals surface area contributed by atoms with Gasteiger partial charge in [0.2, 0.25) is 11.7 Å². The van der Waals surface area contributed by atoms with Crippen LogP contribution in [0.4, 0.5) is 11.4 Å². The van der Waals surface area contributed by atoms with Gasteiger partial charge in [0.15, 0.2) is 11.5 Å². The highest BCUT2D eigenvalue weighted by Gasteiger charge is 2.11. The molecule has 0 unspecified atom stereocenters. The number of para-hydroxylation sites is 1.